The third kappa shape index (κ3) is 2.18. The van der Waals surface area contributed by atoms with Gasteiger partial charge >= 0.3 is 0 Å². The van der Waals surface area contributed by atoms with Crippen LogP contribution in [0.2, 0.25) is 0 Å². The maximum Gasteiger partial charge on any atom is 0.270 e. The third-order valence-electron chi connectivity index (χ3n) is 4.68. The number of aromatic amines is 1. The molecule has 0 spiro atoms. The standard InChI is InChI=1S/C17H15BrFN3O2/c1-22-16-15(17(24)21-22)13(8-5-6-10(19)9(18)7-8)14-11(20-16)3-2-4-12(14)23/h5-7,13,20H,2-4H2,1H3,(H,21,24). The minimum absolute atomic E-state index is 0.0445. The van der Waals surface area contributed by atoms with Crippen LogP contribution in [-0.2, 0) is 11.8 Å². The number of carbonyl (C=O) groups excluding carboxylic acids is 1. The smallest absolute Gasteiger partial charge is 0.270 e. The molecule has 1 aliphatic heterocycles. The first kappa shape index (κ1) is 15.4. The zero-order valence-corrected chi connectivity index (χ0v) is 14.5. The van der Waals surface area contributed by atoms with E-state index in [4.69, 9.17) is 0 Å². The average molecular weight is 392 g/mol. The second-order valence-electron chi connectivity index (χ2n) is 6.16. The van der Waals surface area contributed by atoms with Gasteiger partial charge in [0.1, 0.15) is 11.6 Å². The maximum absolute atomic E-state index is 13.6. The number of carbonyl (C=O) groups is 1. The highest BCUT2D eigenvalue weighted by atomic mass is 79.9. The Morgan fingerprint density at radius 3 is 2.83 bits per heavy atom. The largest absolute Gasteiger partial charge is 0.343 e. The molecule has 124 valence electrons. The van der Waals surface area contributed by atoms with Crippen LogP contribution in [0.1, 0.15) is 36.3 Å². The van der Waals surface area contributed by atoms with E-state index in [0.717, 1.165) is 24.1 Å². The number of ketones is 1. The van der Waals surface area contributed by atoms with Crippen LogP contribution in [0.3, 0.4) is 0 Å². The molecule has 0 radical (unpaired) electrons. The zero-order valence-electron chi connectivity index (χ0n) is 13.0. The number of H-pyrrole nitrogens is 1. The molecule has 0 bridgehead atoms. The molecule has 24 heavy (non-hydrogen) atoms. The summed E-state index contributed by atoms with van der Waals surface area (Å²) < 4.78 is 15.6. The van der Waals surface area contributed by atoms with Gasteiger partial charge in [0.05, 0.1) is 10.0 Å². The molecule has 1 unspecified atom stereocenters. The molecule has 2 aliphatic rings. The number of halogens is 2. The van der Waals surface area contributed by atoms with Crippen molar-refractivity contribution in [3.8, 4) is 0 Å². The van der Waals surface area contributed by atoms with E-state index in [2.05, 4.69) is 26.3 Å². The first-order valence-electron chi connectivity index (χ1n) is 7.74. The number of benzene rings is 1. The first-order valence-corrected chi connectivity index (χ1v) is 8.53. The van der Waals surface area contributed by atoms with E-state index in [1.165, 1.54) is 6.07 Å². The topological polar surface area (TPSA) is 66.9 Å². The van der Waals surface area contributed by atoms with Crippen molar-refractivity contribution in [2.75, 3.05) is 5.32 Å². The quantitative estimate of drug-likeness (QED) is 0.784. The third-order valence-corrected chi connectivity index (χ3v) is 5.29. The van der Waals surface area contributed by atoms with Gasteiger partial charge < -0.3 is 5.32 Å². The van der Waals surface area contributed by atoms with Gasteiger partial charge in [-0.1, -0.05) is 6.07 Å². The number of aryl methyl sites for hydroxylation is 1. The molecule has 0 fully saturated rings. The van der Waals surface area contributed by atoms with Gasteiger partial charge in [-0.3, -0.25) is 19.4 Å². The lowest BCUT2D eigenvalue weighted by Crippen LogP contribution is -2.29. The predicted octanol–water partition coefficient (Wildman–Crippen LogP) is 3.18. The van der Waals surface area contributed by atoms with Gasteiger partial charge in [0.15, 0.2) is 5.78 Å². The Labute approximate surface area is 145 Å². The lowest BCUT2D eigenvalue weighted by atomic mass is 9.77. The van der Waals surface area contributed by atoms with Crippen molar-refractivity contribution in [1.29, 1.82) is 0 Å². The number of hydrogen-bond acceptors (Lipinski definition) is 3. The molecule has 1 atom stereocenters. The van der Waals surface area contributed by atoms with Crippen molar-refractivity contribution in [2.45, 2.75) is 25.2 Å². The fourth-order valence-electron chi connectivity index (χ4n) is 3.62. The summed E-state index contributed by atoms with van der Waals surface area (Å²) in [4.78, 5) is 25.1. The van der Waals surface area contributed by atoms with E-state index < -0.39 is 5.92 Å². The molecule has 2 N–H and O–H groups in total. The van der Waals surface area contributed by atoms with Gasteiger partial charge in [-0.2, -0.15) is 0 Å². The van der Waals surface area contributed by atoms with E-state index in [1.807, 2.05) is 0 Å². The summed E-state index contributed by atoms with van der Waals surface area (Å²) in [6.07, 6.45) is 2.02. The van der Waals surface area contributed by atoms with Crippen LogP contribution in [0.15, 0.2) is 38.7 Å². The minimum Gasteiger partial charge on any atom is -0.343 e. The monoisotopic (exact) mass is 391 g/mol. The molecule has 5 nitrogen and oxygen atoms in total. The van der Waals surface area contributed by atoms with Crippen LogP contribution >= 0.6 is 15.9 Å². The lowest BCUT2D eigenvalue weighted by Gasteiger charge is -2.32. The van der Waals surface area contributed by atoms with Crippen molar-refractivity contribution >= 4 is 27.5 Å². The summed E-state index contributed by atoms with van der Waals surface area (Å²) in [5, 5.41) is 5.99. The minimum atomic E-state index is -0.481. The van der Waals surface area contributed by atoms with Crippen molar-refractivity contribution in [3.05, 3.63) is 61.2 Å². The maximum atomic E-state index is 13.6. The van der Waals surface area contributed by atoms with E-state index in [1.54, 1.807) is 23.9 Å². The number of rotatable bonds is 1. The predicted molar refractivity (Wildman–Crippen MR) is 91.5 cm³/mol. The van der Waals surface area contributed by atoms with Crippen molar-refractivity contribution in [2.24, 2.45) is 7.05 Å². The molecule has 1 aliphatic carbocycles. The lowest BCUT2D eigenvalue weighted by molar-refractivity contribution is -0.116. The van der Waals surface area contributed by atoms with Crippen molar-refractivity contribution < 1.29 is 9.18 Å². The number of anilines is 1. The molecule has 7 heteroatoms. The van der Waals surface area contributed by atoms with E-state index in [0.29, 0.717) is 27.8 Å². The van der Waals surface area contributed by atoms with E-state index >= 15 is 0 Å². The molecule has 4 rings (SSSR count). The summed E-state index contributed by atoms with van der Waals surface area (Å²) in [6, 6.07) is 4.64. The number of fused-ring (bicyclic) bond motifs is 1. The fraction of sp³-hybridized carbons (Fsp3) is 0.294. The number of allylic oxidation sites excluding steroid dienone is 2. The molecular formula is C17H15BrFN3O2. The molecule has 0 amide bonds. The Morgan fingerprint density at radius 1 is 1.29 bits per heavy atom. The Hall–Kier alpha value is -2.15. The summed E-state index contributed by atoms with van der Waals surface area (Å²) in [5.74, 6) is -0.146. The van der Waals surface area contributed by atoms with Gasteiger partial charge in [-0.25, -0.2) is 4.39 Å². The van der Waals surface area contributed by atoms with Crippen LogP contribution in [0.25, 0.3) is 0 Å². The highest BCUT2D eigenvalue weighted by Gasteiger charge is 2.38. The molecule has 1 aromatic carbocycles. The summed E-state index contributed by atoms with van der Waals surface area (Å²) in [6.45, 7) is 0. The van der Waals surface area contributed by atoms with Crippen LogP contribution in [0.4, 0.5) is 10.2 Å². The van der Waals surface area contributed by atoms with Gasteiger partial charge in [0.2, 0.25) is 0 Å². The van der Waals surface area contributed by atoms with Gasteiger partial charge in [-0.05, 0) is 46.5 Å². The van der Waals surface area contributed by atoms with E-state index in [-0.39, 0.29) is 17.2 Å². The number of hydrogen-bond donors (Lipinski definition) is 2. The molecule has 2 heterocycles. The number of aromatic nitrogens is 2. The number of nitrogens with zero attached hydrogens (tertiary/aromatic N) is 1. The second kappa shape index (κ2) is 5.44. The van der Waals surface area contributed by atoms with Crippen LogP contribution in [-0.4, -0.2) is 15.6 Å². The molecular weight excluding hydrogens is 377 g/mol. The van der Waals surface area contributed by atoms with Crippen LogP contribution < -0.4 is 10.9 Å². The Balaban J connectivity index is 2.00. The molecule has 0 saturated heterocycles. The molecule has 2 aromatic rings. The Morgan fingerprint density at radius 2 is 2.08 bits per heavy atom. The summed E-state index contributed by atoms with van der Waals surface area (Å²) in [7, 11) is 1.75. The average Bonchev–Trinajstić information content (AvgIpc) is 2.83. The second-order valence-corrected chi connectivity index (χ2v) is 7.02. The van der Waals surface area contributed by atoms with Crippen molar-refractivity contribution in [1.82, 2.24) is 9.78 Å². The van der Waals surface area contributed by atoms with Gasteiger partial charge in [0.25, 0.3) is 5.56 Å². The highest BCUT2D eigenvalue weighted by Crippen LogP contribution is 2.44. The molecule has 0 saturated carbocycles. The number of nitrogens with one attached hydrogen (secondary N) is 2. The molecule has 1 aromatic heterocycles. The van der Waals surface area contributed by atoms with E-state index in [9.17, 15) is 14.0 Å². The SMILES string of the molecule is Cn1[nH]c(=O)c2c1NC1=C(C(=O)CCC1)C2c1ccc(F)c(Br)c1. The van der Waals surface area contributed by atoms with Crippen molar-refractivity contribution in [3.63, 3.8) is 0 Å². The van der Waals surface area contributed by atoms with Gasteiger partial charge in [-0.15, -0.1) is 0 Å². The first-order chi connectivity index (χ1) is 11.5. The Kier molecular flexibility index (Phi) is 3.49. The fourth-order valence-corrected chi connectivity index (χ4v) is 4.01. The van der Waals surface area contributed by atoms with Crippen LogP contribution in [0.5, 0.6) is 0 Å². The van der Waals surface area contributed by atoms with Crippen LogP contribution in [0, 0.1) is 5.82 Å². The summed E-state index contributed by atoms with van der Waals surface area (Å²) in [5.41, 5.74) is 2.48. The van der Waals surface area contributed by atoms with Gasteiger partial charge in [0, 0.05) is 30.7 Å². The Bertz CT molecular complexity index is 957. The highest BCUT2D eigenvalue weighted by molar-refractivity contribution is 9.10. The normalized spacial score (nSPS) is 19.8. The number of Topliss-reactive ketones (excluding diaryl/α,β-unsaturated/α-hetero) is 1. The zero-order chi connectivity index (χ0) is 17.0. The summed E-state index contributed by atoms with van der Waals surface area (Å²) >= 11 is 3.20.